The van der Waals surface area contributed by atoms with Gasteiger partial charge in [-0.15, -0.1) is 21.5 Å². The summed E-state index contributed by atoms with van der Waals surface area (Å²) in [5.41, 5.74) is 0. The molecule has 0 saturated heterocycles. The van der Waals surface area contributed by atoms with Gasteiger partial charge in [-0.05, 0) is 30.0 Å². The molecule has 1 aromatic carbocycles. The van der Waals surface area contributed by atoms with E-state index in [0.717, 1.165) is 32.8 Å². The molecular formula is C16H14N4OS2. The molecule has 0 spiro atoms. The molecule has 5 nitrogen and oxygen atoms in total. The summed E-state index contributed by atoms with van der Waals surface area (Å²) in [5.74, 6) is 1.64. The Morgan fingerprint density at radius 1 is 1.13 bits per heavy atom. The smallest absolute Gasteiger partial charge is 0.235 e. The summed E-state index contributed by atoms with van der Waals surface area (Å²) < 4.78 is 7.88. The zero-order chi connectivity index (χ0) is 15.6. The van der Waals surface area contributed by atoms with Gasteiger partial charge in [0.1, 0.15) is 5.75 Å². The van der Waals surface area contributed by atoms with Gasteiger partial charge in [-0.25, -0.2) is 0 Å². The fourth-order valence-corrected chi connectivity index (χ4v) is 3.94. The Bertz CT molecular complexity index is 899. The van der Waals surface area contributed by atoms with E-state index in [9.17, 15) is 0 Å². The van der Waals surface area contributed by atoms with Crippen molar-refractivity contribution >= 4 is 27.6 Å². The Labute approximate surface area is 141 Å². The van der Waals surface area contributed by atoms with E-state index in [0.29, 0.717) is 0 Å². The normalized spacial score (nSPS) is 12.6. The van der Waals surface area contributed by atoms with Gasteiger partial charge in [-0.3, -0.25) is 0 Å². The second-order valence-electron chi connectivity index (χ2n) is 4.96. The highest BCUT2D eigenvalue weighted by Crippen LogP contribution is 2.30. The standard InChI is InChI=1S/C16H14N4OS2/c1-2-12(21-11-7-4-3-5-8-11)15-19-20-14(13-9-6-10-22-13)17-18-16(20)23-15/h3-10,12H,2H2,1H3. The van der Waals surface area contributed by atoms with Gasteiger partial charge in [-0.1, -0.05) is 42.5 Å². The predicted octanol–water partition coefficient (Wildman–Crippen LogP) is 4.44. The first-order chi connectivity index (χ1) is 11.3. The maximum absolute atomic E-state index is 6.07. The van der Waals surface area contributed by atoms with E-state index in [-0.39, 0.29) is 6.10 Å². The quantitative estimate of drug-likeness (QED) is 0.538. The Balaban J connectivity index is 1.68. The van der Waals surface area contributed by atoms with Crippen molar-refractivity contribution < 1.29 is 4.74 Å². The van der Waals surface area contributed by atoms with Crippen LogP contribution in [0.5, 0.6) is 5.75 Å². The molecule has 4 rings (SSSR count). The van der Waals surface area contributed by atoms with Crippen LogP contribution in [0.4, 0.5) is 0 Å². The minimum atomic E-state index is -0.0831. The number of ether oxygens (including phenoxy) is 1. The summed E-state index contributed by atoms with van der Waals surface area (Å²) in [6.07, 6.45) is 0.758. The van der Waals surface area contributed by atoms with Gasteiger partial charge >= 0.3 is 0 Å². The van der Waals surface area contributed by atoms with Crippen molar-refractivity contribution in [1.82, 2.24) is 19.8 Å². The van der Waals surface area contributed by atoms with E-state index in [1.165, 1.54) is 11.3 Å². The van der Waals surface area contributed by atoms with Crippen molar-refractivity contribution in [3.63, 3.8) is 0 Å². The van der Waals surface area contributed by atoms with Crippen LogP contribution in [-0.2, 0) is 0 Å². The topological polar surface area (TPSA) is 52.3 Å². The largest absolute Gasteiger partial charge is 0.483 e. The van der Waals surface area contributed by atoms with Crippen molar-refractivity contribution in [3.8, 4) is 16.5 Å². The van der Waals surface area contributed by atoms with Gasteiger partial charge in [0.2, 0.25) is 4.96 Å². The second-order valence-corrected chi connectivity index (χ2v) is 6.90. The summed E-state index contributed by atoms with van der Waals surface area (Å²) in [4.78, 5) is 1.85. The molecule has 0 saturated carbocycles. The molecule has 0 aliphatic rings. The summed E-state index contributed by atoms with van der Waals surface area (Å²) in [6.45, 7) is 2.09. The van der Waals surface area contributed by atoms with E-state index in [1.807, 2.05) is 52.4 Å². The Morgan fingerprint density at radius 2 is 2.00 bits per heavy atom. The molecule has 0 amide bonds. The number of fused-ring (bicyclic) bond motifs is 1. The minimum absolute atomic E-state index is 0.0831. The molecule has 0 radical (unpaired) electrons. The Morgan fingerprint density at radius 3 is 2.74 bits per heavy atom. The monoisotopic (exact) mass is 342 g/mol. The van der Waals surface area contributed by atoms with Crippen molar-refractivity contribution in [2.24, 2.45) is 0 Å². The van der Waals surface area contributed by atoms with Gasteiger partial charge < -0.3 is 4.74 Å². The third kappa shape index (κ3) is 2.73. The number of nitrogens with zero attached hydrogens (tertiary/aromatic N) is 4. The van der Waals surface area contributed by atoms with Crippen LogP contribution in [0.1, 0.15) is 24.5 Å². The van der Waals surface area contributed by atoms with Crippen LogP contribution >= 0.6 is 22.7 Å². The summed E-state index contributed by atoms with van der Waals surface area (Å²) in [6, 6.07) is 13.9. The average Bonchev–Trinajstić information content (AvgIpc) is 3.29. The molecular weight excluding hydrogens is 328 g/mol. The lowest BCUT2D eigenvalue weighted by Crippen LogP contribution is -2.06. The first-order valence-corrected chi connectivity index (χ1v) is 9.02. The maximum atomic E-state index is 6.07. The highest BCUT2D eigenvalue weighted by Gasteiger charge is 2.20. The molecule has 3 heterocycles. The molecule has 0 N–H and O–H groups in total. The molecule has 0 fully saturated rings. The predicted molar refractivity (Wildman–Crippen MR) is 92.1 cm³/mol. The molecule has 0 aliphatic carbocycles. The third-order valence-corrected chi connectivity index (χ3v) is 5.27. The molecule has 3 aromatic heterocycles. The van der Waals surface area contributed by atoms with Crippen molar-refractivity contribution in [2.75, 3.05) is 0 Å². The van der Waals surface area contributed by atoms with Gasteiger partial charge in [0.25, 0.3) is 0 Å². The molecule has 0 aliphatic heterocycles. The van der Waals surface area contributed by atoms with Gasteiger partial charge in [0, 0.05) is 0 Å². The number of benzene rings is 1. The number of hydrogen-bond donors (Lipinski definition) is 0. The lowest BCUT2D eigenvalue weighted by molar-refractivity contribution is 0.199. The van der Waals surface area contributed by atoms with Crippen molar-refractivity contribution in [1.29, 1.82) is 0 Å². The van der Waals surface area contributed by atoms with Crippen LogP contribution in [0.15, 0.2) is 47.8 Å². The fourth-order valence-electron chi connectivity index (χ4n) is 2.29. The van der Waals surface area contributed by atoms with E-state index in [1.54, 1.807) is 11.3 Å². The zero-order valence-electron chi connectivity index (χ0n) is 12.4. The van der Waals surface area contributed by atoms with E-state index in [2.05, 4.69) is 22.2 Å². The number of rotatable bonds is 5. The lowest BCUT2D eigenvalue weighted by atomic mass is 10.3. The first kappa shape index (κ1) is 14.3. The molecule has 7 heteroatoms. The third-order valence-electron chi connectivity index (χ3n) is 3.42. The molecule has 116 valence electrons. The molecule has 4 aromatic rings. The van der Waals surface area contributed by atoms with Crippen LogP contribution in [-0.4, -0.2) is 19.8 Å². The maximum Gasteiger partial charge on any atom is 0.235 e. The van der Waals surface area contributed by atoms with Gasteiger partial charge in [0.15, 0.2) is 16.9 Å². The lowest BCUT2D eigenvalue weighted by Gasteiger charge is -2.14. The van der Waals surface area contributed by atoms with Gasteiger partial charge in [0.05, 0.1) is 4.88 Å². The fraction of sp³-hybridized carbons (Fsp3) is 0.188. The molecule has 0 bridgehead atoms. The van der Waals surface area contributed by atoms with Crippen LogP contribution in [0, 0.1) is 0 Å². The van der Waals surface area contributed by atoms with E-state index in [4.69, 9.17) is 4.74 Å². The van der Waals surface area contributed by atoms with Crippen LogP contribution < -0.4 is 4.74 Å². The van der Waals surface area contributed by atoms with Crippen molar-refractivity contribution in [2.45, 2.75) is 19.4 Å². The van der Waals surface area contributed by atoms with E-state index >= 15 is 0 Å². The summed E-state index contributed by atoms with van der Waals surface area (Å²) in [5, 5.41) is 16.1. The number of aromatic nitrogens is 4. The average molecular weight is 342 g/mol. The van der Waals surface area contributed by atoms with Crippen LogP contribution in [0.25, 0.3) is 15.7 Å². The first-order valence-electron chi connectivity index (χ1n) is 7.33. The van der Waals surface area contributed by atoms with Crippen LogP contribution in [0.2, 0.25) is 0 Å². The zero-order valence-corrected chi connectivity index (χ0v) is 14.0. The molecule has 23 heavy (non-hydrogen) atoms. The SMILES string of the molecule is CCC(Oc1ccccc1)c1nn2c(-c3cccs3)nnc2s1. The van der Waals surface area contributed by atoms with Crippen LogP contribution in [0.3, 0.4) is 0 Å². The molecule has 1 unspecified atom stereocenters. The number of thiophene rings is 1. The minimum Gasteiger partial charge on any atom is -0.483 e. The number of hydrogen-bond acceptors (Lipinski definition) is 6. The van der Waals surface area contributed by atoms with Crippen molar-refractivity contribution in [3.05, 3.63) is 52.9 Å². The second kappa shape index (κ2) is 6.10. The highest BCUT2D eigenvalue weighted by molar-refractivity contribution is 7.16. The molecule has 1 atom stereocenters. The Hall–Kier alpha value is -2.25. The van der Waals surface area contributed by atoms with E-state index < -0.39 is 0 Å². The highest BCUT2D eigenvalue weighted by atomic mass is 32.1. The summed E-state index contributed by atoms with van der Waals surface area (Å²) >= 11 is 3.16. The van der Waals surface area contributed by atoms with Gasteiger partial charge in [-0.2, -0.15) is 9.61 Å². The number of para-hydroxylation sites is 1. The summed E-state index contributed by atoms with van der Waals surface area (Å²) in [7, 11) is 0. The Kier molecular flexibility index (Phi) is 3.80.